The summed E-state index contributed by atoms with van der Waals surface area (Å²) in [5.41, 5.74) is 3.41. The minimum absolute atomic E-state index is 0.0172. The van der Waals surface area contributed by atoms with Crippen LogP contribution in [0.5, 0.6) is 5.75 Å². The summed E-state index contributed by atoms with van der Waals surface area (Å²) in [4.78, 5) is 25.9. The summed E-state index contributed by atoms with van der Waals surface area (Å²) >= 11 is 0. The van der Waals surface area contributed by atoms with Crippen LogP contribution in [0.3, 0.4) is 0 Å². The maximum Gasteiger partial charge on any atom is 0.319 e. The molecule has 0 saturated carbocycles. The summed E-state index contributed by atoms with van der Waals surface area (Å²) in [5, 5.41) is 12.6. The molecule has 3 N–H and O–H groups in total. The summed E-state index contributed by atoms with van der Waals surface area (Å²) < 4.78 is 10.8. The molecule has 0 unspecified atom stereocenters. The van der Waals surface area contributed by atoms with E-state index in [0.29, 0.717) is 44.3 Å². The van der Waals surface area contributed by atoms with Gasteiger partial charge in [-0.15, -0.1) is 0 Å². The molecule has 2 aromatic rings. The summed E-state index contributed by atoms with van der Waals surface area (Å²) in [6, 6.07) is 6.57. The zero-order valence-electron chi connectivity index (χ0n) is 16.1. The lowest BCUT2D eigenvalue weighted by atomic mass is 10.2. The van der Waals surface area contributed by atoms with Crippen LogP contribution in [-0.2, 0) is 16.1 Å². The number of amides is 3. The Balaban J connectivity index is 1.43. The molecule has 150 valence electrons. The van der Waals surface area contributed by atoms with E-state index in [1.807, 2.05) is 13.8 Å². The van der Waals surface area contributed by atoms with Crippen LogP contribution in [0, 0.1) is 13.8 Å². The highest BCUT2D eigenvalue weighted by Crippen LogP contribution is 2.16. The van der Waals surface area contributed by atoms with Crippen LogP contribution in [0.4, 0.5) is 10.5 Å². The van der Waals surface area contributed by atoms with Gasteiger partial charge in [-0.3, -0.25) is 9.89 Å². The predicted molar refractivity (Wildman–Crippen MR) is 103 cm³/mol. The quantitative estimate of drug-likeness (QED) is 0.697. The van der Waals surface area contributed by atoms with E-state index < -0.39 is 0 Å². The Labute approximate surface area is 163 Å². The van der Waals surface area contributed by atoms with Crippen molar-refractivity contribution in [2.75, 3.05) is 38.2 Å². The highest BCUT2D eigenvalue weighted by molar-refractivity contribution is 5.89. The van der Waals surface area contributed by atoms with Crippen molar-refractivity contribution in [1.82, 2.24) is 20.4 Å². The molecule has 0 aliphatic carbocycles. The first-order valence-corrected chi connectivity index (χ1v) is 9.16. The minimum Gasteiger partial charge on any atom is -0.484 e. The minimum atomic E-state index is -0.309. The number of carbonyl (C=O) groups is 2. The molecule has 3 amide bonds. The van der Waals surface area contributed by atoms with E-state index in [9.17, 15) is 9.59 Å². The Morgan fingerprint density at radius 1 is 1.21 bits per heavy atom. The van der Waals surface area contributed by atoms with Crippen LogP contribution in [0.2, 0.25) is 0 Å². The number of carbonyl (C=O) groups excluding carboxylic acids is 2. The molecule has 1 aromatic carbocycles. The lowest BCUT2D eigenvalue weighted by Crippen LogP contribution is -2.42. The van der Waals surface area contributed by atoms with Crippen molar-refractivity contribution in [3.8, 4) is 5.75 Å². The van der Waals surface area contributed by atoms with Crippen molar-refractivity contribution in [3.05, 3.63) is 41.2 Å². The third kappa shape index (κ3) is 5.23. The second kappa shape index (κ2) is 9.23. The second-order valence-corrected chi connectivity index (χ2v) is 6.53. The Morgan fingerprint density at radius 3 is 2.57 bits per heavy atom. The monoisotopic (exact) mass is 387 g/mol. The molecule has 0 bridgehead atoms. The average molecular weight is 387 g/mol. The van der Waals surface area contributed by atoms with Gasteiger partial charge in [0.15, 0.2) is 6.61 Å². The van der Waals surface area contributed by atoms with E-state index in [-0.39, 0.29) is 18.5 Å². The largest absolute Gasteiger partial charge is 0.484 e. The maximum atomic E-state index is 12.1. The lowest BCUT2D eigenvalue weighted by molar-refractivity contribution is -0.137. The zero-order valence-corrected chi connectivity index (χ0v) is 16.1. The highest BCUT2D eigenvalue weighted by atomic mass is 16.5. The van der Waals surface area contributed by atoms with Gasteiger partial charge in [-0.2, -0.15) is 5.10 Å². The van der Waals surface area contributed by atoms with Crippen molar-refractivity contribution >= 4 is 17.6 Å². The number of hydrogen-bond acceptors (Lipinski definition) is 5. The zero-order chi connectivity index (χ0) is 19.9. The summed E-state index contributed by atoms with van der Waals surface area (Å²) in [6.45, 7) is 6.50. The predicted octanol–water partition coefficient (Wildman–Crippen LogP) is 1.59. The molecule has 0 spiro atoms. The molecule has 1 aliphatic rings. The van der Waals surface area contributed by atoms with Crippen LogP contribution < -0.4 is 15.4 Å². The molecule has 1 aromatic heterocycles. The van der Waals surface area contributed by atoms with Crippen molar-refractivity contribution in [2.45, 2.75) is 20.4 Å². The Bertz CT molecular complexity index is 793. The van der Waals surface area contributed by atoms with Gasteiger partial charge in [0, 0.05) is 36.6 Å². The number of aromatic nitrogens is 2. The van der Waals surface area contributed by atoms with Gasteiger partial charge in [0.2, 0.25) is 0 Å². The number of rotatable bonds is 6. The number of aryl methyl sites for hydroxylation is 2. The van der Waals surface area contributed by atoms with Gasteiger partial charge in [0.1, 0.15) is 5.75 Å². The van der Waals surface area contributed by atoms with E-state index in [2.05, 4.69) is 20.8 Å². The fourth-order valence-corrected chi connectivity index (χ4v) is 2.86. The third-order valence-electron chi connectivity index (χ3n) is 4.54. The normalized spacial score (nSPS) is 13.9. The lowest BCUT2D eigenvalue weighted by Gasteiger charge is -2.26. The number of anilines is 1. The molecule has 1 fully saturated rings. The van der Waals surface area contributed by atoms with Gasteiger partial charge in [-0.25, -0.2) is 4.79 Å². The fraction of sp³-hybridized carbons (Fsp3) is 0.421. The first-order chi connectivity index (χ1) is 13.5. The van der Waals surface area contributed by atoms with Crippen molar-refractivity contribution in [2.24, 2.45) is 0 Å². The van der Waals surface area contributed by atoms with Crippen molar-refractivity contribution in [1.29, 1.82) is 0 Å². The van der Waals surface area contributed by atoms with Crippen molar-refractivity contribution < 1.29 is 19.1 Å². The van der Waals surface area contributed by atoms with Gasteiger partial charge in [0.25, 0.3) is 5.91 Å². The number of urea groups is 1. The van der Waals surface area contributed by atoms with E-state index in [4.69, 9.17) is 9.47 Å². The maximum absolute atomic E-state index is 12.1. The molecule has 3 rings (SSSR count). The molecule has 0 radical (unpaired) electrons. The van der Waals surface area contributed by atoms with Gasteiger partial charge in [0.05, 0.1) is 18.9 Å². The number of H-pyrrole nitrogens is 1. The van der Waals surface area contributed by atoms with E-state index in [0.717, 1.165) is 17.0 Å². The van der Waals surface area contributed by atoms with Gasteiger partial charge >= 0.3 is 6.03 Å². The van der Waals surface area contributed by atoms with Gasteiger partial charge in [-0.05, 0) is 38.1 Å². The van der Waals surface area contributed by atoms with Gasteiger partial charge < -0.3 is 25.0 Å². The molecule has 1 saturated heterocycles. The average Bonchev–Trinajstić information content (AvgIpc) is 3.04. The molecule has 0 atom stereocenters. The number of hydrogen-bond donors (Lipinski definition) is 3. The number of ether oxygens (including phenoxy) is 2. The molecule has 9 heteroatoms. The summed E-state index contributed by atoms with van der Waals surface area (Å²) in [7, 11) is 0. The fourth-order valence-electron chi connectivity index (χ4n) is 2.86. The first-order valence-electron chi connectivity index (χ1n) is 9.16. The molecular weight excluding hydrogens is 362 g/mol. The van der Waals surface area contributed by atoms with Crippen LogP contribution >= 0.6 is 0 Å². The number of aromatic amines is 1. The number of nitrogens with zero attached hydrogens (tertiary/aromatic N) is 2. The van der Waals surface area contributed by atoms with E-state index in [1.165, 1.54) is 0 Å². The highest BCUT2D eigenvalue weighted by Gasteiger charge is 2.17. The topological polar surface area (TPSA) is 109 Å². The van der Waals surface area contributed by atoms with Gasteiger partial charge in [-0.1, -0.05) is 0 Å². The smallest absolute Gasteiger partial charge is 0.319 e. The van der Waals surface area contributed by atoms with Crippen LogP contribution in [0.25, 0.3) is 0 Å². The first kappa shape index (κ1) is 19.7. The Kier molecular flexibility index (Phi) is 6.49. The standard InChI is InChI=1S/C19H25N5O4/c1-13-17(14(2)23-22-13)11-20-19(26)21-15-3-5-16(6-4-15)28-12-18(25)24-7-9-27-10-8-24/h3-6H,7-12H2,1-2H3,(H,22,23)(H2,20,21,26). The Morgan fingerprint density at radius 2 is 1.93 bits per heavy atom. The van der Waals surface area contributed by atoms with Crippen molar-refractivity contribution in [3.63, 3.8) is 0 Å². The van der Waals surface area contributed by atoms with Crippen LogP contribution in [0.15, 0.2) is 24.3 Å². The van der Waals surface area contributed by atoms with Crippen LogP contribution in [-0.4, -0.2) is 59.9 Å². The summed E-state index contributed by atoms with van der Waals surface area (Å²) in [5.74, 6) is 0.506. The SMILES string of the molecule is Cc1n[nH]c(C)c1CNC(=O)Nc1ccc(OCC(=O)N2CCOCC2)cc1. The van der Waals surface area contributed by atoms with E-state index in [1.54, 1.807) is 29.2 Å². The second-order valence-electron chi connectivity index (χ2n) is 6.53. The third-order valence-corrected chi connectivity index (χ3v) is 4.54. The molecular formula is C19H25N5O4. The van der Waals surface area contributed by atoms with E-state index >= 15 is 0 Å². The number of morpholine rings is 1. The number of nitrogens with one attached hydrogen (secondary N) is 3. The molecule has 9 nitrogen and oxygen atoms in total. The molecule has 2 heterocycles. The number of benzene rings is 1. The Hall–Kier alpha value is -3.07. The molecule has 1 aliphatic heterocycles. The van der Waals surface area contributed by atoms with Crippen LogP contribution in [0.1, 0.15) is 17.0 Å². The molecule has 28 heavy (non-hydrogen) atoms. The summed E-state index contributed by atoms with van der Waals surface area (Å²) in [6.07, 6.45) is 0.